The number of hydrogen-bond donors (Lipinski definition) is 1. The largest absolute Gasteiger partial charge is 0.482 e. The van der Waals surface area contributed by atoms with Crippen LogP contribution in [0.1, 0.15) is 13.3 Å². The molecule has 0 aliphatic carbocycles. The smallest absolute Gasteiger partial charge is 0.262 e. The van der Waals surface area contributed by atoms with Gasteiger partial charge in [-0.1, -0.05) is 18.2 Å². The van der Waals surface area contributed by atoms with E-state index in [9.17, 15) is 18.0 Å². The zero-order valence-electron chi connectivity index (χ0n) is 14.8. The summed E-state index contributed by atoms with van der Waals surface area (Å²) in [4.78, 5) is 25.4. The molecular formula is C19H20N2O5S. The second kappa shape index (κ2) is 7.79. The molecule has 0 bridgehead atoms. The first-order chi connectivity index (χ1) is 12.9. The summed E-state index contributed by atoms with van der Waals surface area (Å²) < 4.78 is 30.5. The van der Waals surface area contributed by atoms with Crippen LogP contribution in [0.2, 0.25) is 0 Å². The van der Waals surface area contributed by atoms with Gasteiger partial charge in [0.15, 0.2) is 16.4 Å². The molecule has 0 spiro atoms. The van der Waals surface area contributed by atoms with Gasteiger partial charge in [0.25, 0.3) is 5.91 Å². The standard InChI is InChI=1S/C19H20N2O5S/c1-2-21(14-6-4-3-5-7-14)19(23)10-11-27(24,25)15-8-9-16-17(12-15)26-13-18(22)20-16/h3-9,12H,2,10-11,13H2,1H3,(H,20,22). The van der Waals surface area contributed by atoms with Gasteiger partial charge in [-0.25, -0.2) is 8.42 Å². The van der Waals surface area contributed by atoms with Crippen molar-refractivity contribution in [2.45, 2.75) is 18.2 Å². The van der Waals surface area contributed by atoms with Crippen molar-refractivity contribution in [3.05, 3.63) is 48.5 Å². The minimum Gasteiger partial charge on any atom is -0.482 e. The first-order valence-electron chi connectivity index (χ1n) is 8.55. The van der Waals surface area contributed by atoms with E-state index >= 15 is 0 Å². The predicted molar refractivity (Wildman–Crippen MR) is 102 cm³/mol. The molecule has 0 fully saturated rings. The highest BCUT2D eigenvalue weighted by Crippen LogP contribution is 2.30. The fourth-order valence-electron chi connectivity index (χ4n) is 2.83. The molecule has 0 saturated heterocycles. The summed E-state index contributed by atoms with van der Waals surface area (Å²) in [6, 6.07) is 13.4. The molecule has 3 rings (SSSR count). The number of fused-ring (bicyclic) bond motifs is 1. The van der Waals surface area contributed by atoms with E-state index in [0.717, 1.165) is 5.69 Å². The molecule has 7 nitrogen and oxygen atoms in total. The fraction of sp³-hybridized carbons (Fsp3) is 0.263. The van der Waals surface area contributed by atoms with Crippen LogP contribution < -0.4 is 15.0 Å². The molecule has 1 heterocycles. The highest BCUT2D eigenvalue weighted by atomic mass is 32.2. The first kappa shape index (κ1) is 18.9. The Morgan fingerprint density at radius 3 is 2.63 bits per heavy atom. The van der Waals surface area contributed by atoms with Crippen molar-refractivity contribution in [1.82, 2.24) is 0 Å². The lowest BCUT2D eigenvalue weighted by Crippen LogP contribution is -2.32. The Morgan fingerprint density at radius 2 is 1.93 bits per heavy atom. The number of nitrogens with zero attached hydrogens (tertiary/aromatic N) is 1. The van der Waals surface area contributed by atoms with Crippen molar-refractivity contribution in [2.75, 3.05) is 29.1 Å². The Morgan fingerprint density at radius 1 is 1.19 bits per heavy atom. The summed E-state index contributed by atoms with van der Waals surface area (Å²) in [5, 5.41) is 2.61. The lowest BCUT2D eigenvalue weighted by molar-refractivity contribution is -0.119. The maximum Gasteiger partial charge on any atom is 0.262 e. The molecule has 0 saturated carbocycles. The van der Waals surface area contributed by atoms with Crippen LogP contribution in [0.4, 0.5) is 11.4 Å². The SMILES string of the molecule is CCN(C(=O)CCS(=O)(=O)c1ccc2c(c1)OCC(=O)N2)c1ccccc1. The second-order valence-corrected chi connectivity index (χ2v) is 8.15. The summed E-state index contributed by atoms with van der Waals surface area (Å²) in [6.07, 6.45) is -0.125. The van der Waals surface area contributed by atoms with E-state index in [2.05, 4.69) is 5.32 Å². The van der Waals surface area contributed by atoms with Crippen LogP contribution in [-0.2, 0) is 19.4 Å². The molecule has 2 aromatic rings. The minimum atomic E-state index is -3.67. The summed E-state index contributed by atoms with van der Waals surface area (Å²) in [6.45, 7) is 2.14. The van der Waals surface area contributed by atoms with Crippen molar-refractivity contribution in [2.24, 2.45) is 0 Å². The van der Waals surface area contributed by atoms with Crippen LogP contribution in [0.25, 0.3) is 0 Å². The molecule has 1 aliphatic rings. The number of ether oxygens (including phenoxy) is 1. The Labute approximate surface area is 157 Å². The number of amides is 2. The van der Waals surface area contributed by atoms with Crippen molar-refractivity contribution in [3.63, 3.8) is 0 Å². The van der Waals surface area contributed by atoms with E-state index < -0.39 is 9.84 Å². The Hall–Kier alpha value is -2.87. The first-order valence-corrected chi connectivity index (χ1v) is 10.2. The molecule has 0 radical (unpaired) electrons. The maximum atomic E-state index is 12.6. The third-order valence-electron chi connectivity index (χ3n) is 4.21. The topological polar surface area (TPSA) is 92.8 Å². The van der Waals surface area contributed by atoms with Gasteiger partial charge in [0.2, 0.25) is 5.91 Å². The number of para-hydroxylation sites is 1. The normalized spacial score (nSPS) is 13.3. The Kier molecular flexibility index (Phi) is 5.46. The van der Waals surface area contributed by atoms with E-state index in [1.54, 1.807) is 4.90 Å². The van der Waals surface area contributed by atoms with E-state index in [-0.39, 0.29) is 35.5 Å². The number of carbonyl (C=O) groups excluding carboxylic acids is 2. The molecule has 2 amide bonds. The number of anilines is 2. The van der Waals surface area contributed by atoms with E-state index in [1.807, 2.05) is 37.3 Å². The van der Waals surface area contributed by atoms with Crippen LogP contribution >= 0.6 is 0 Å². The Balaban J connectivity index is 1.71. The van der Waals surface area contributed by atoms with E-state index in [1.165, 1.54) is 18.2 Å². The molecule has 0 atom stereocenters. The lowest BCUT2D eigenvalue weighted by atomic mass is 10.2. The number of rotatable bonds is 6. The van der Waals surface area contributed by atoms with Gasteiger partial charge in [0.05, 0.1) is 16.3 Å². The molecule has 0 aromatic heterocycles. The zero-order valence-corrected chi connectivity index (χ0v) is 15.7. The average Bonchev–Trinajstić information content (AvgIpc) is 2.67. The lowest BCUT2D eigenvalue weighted by Gasteiger charge is -2.21. The number of benzene rings is 2. The molecule has 27 heavy (non-hydrogen) atoms. The predicted octanol–water partition coefficient (Wildman–Crippen LogP) is 2.23. The molecule has 2 aromatic carbocycles. The van der Waals surface area contributed by atoms with Gasteiger partial charge >= 0.3 is 0 Å². The molecule has 8 heteroatoms. The molecule has 1 N–H and O–H groups in total. The van der Waals surface area contributed by atoms with Gasteiger partial charge in [-0.15, -0.1) is 0 Å². The molecule has 0 unspecified atom stereocenters. The summed E-state index contributed by atoms with van der Waals surface area (Å²) in [7, 11) is -3.67. The van der Waals surface area contributed by atoms with Crippen molar-refractivity contribution < 1.29 is 22.7 Å². The van der Waals surface area contributed by atoms with Gasteiger partial charge in [0.1, 0.15) is 5.75 Å². The van der Waals surface area contributed by atoms with Crippen LogP contribution in [0.5, 0.6) is 5.75 Å². The molecule has 1 aliphatic heterocycles. The van der Waals surface area contributed by atoms with Crippen LogP contribution in [-0.4, -0.2) is 39.1 Å². The van der Waals surface area contributed by atoms with Gasteiger partial charge in [-0.2, -0.15) is 0 Å². The van der Waals surface area contributed by atoms with Crippen molar-refractivity contribution in [1.29, 1.82) is 0 Å². The van der Waals surface area contributed by atoms with Gasteiger partial charge in [-0.05, 0) is 31.2 Å². The Bertz CT molecular complexity index is 957. The number of nitrogens with one attached hydrogen (secondary N) is 1. The maximum absolute atomic E-state index is 12.6. The van der Waals surface area contributed by atoms with E-state index in [4.69, 9.17) is 4.74 Å². The van der Waals surface area contributed by atoms with E-state index in [0.29, 0.717) is 18.0 Å². The second-order valence-electron chi connectivity index (χ2n) is 6.04. The third kappa shape index (κ3) is 4.28. The fourth-order valence-corrected chi connectivity index (χ4v) is 4.07. The average molecular weight is 388 g/mol. The zero-order chi connectivity index (χ0) is 19.4. The third-order valence-corrected chi connectivity index (χ3v) is 5.93. The summed E-state index contributed by atoms with van der Waals surface area (Å²) >= 11 is 0. The highest BCUT2D eigenvalue weighted by Gasteiger charge is 2.23. The van der Waals surface area contributed by atoms with Crippen LogP contribution in [0.15, 0.2) is 53.4 Å². The van der Waals surface area contributed by atoms with Crippen LogP contribution in [0, 0.1) is 0 Å². The van der Waals surface area contributed by atoms with Crippen molar-refractivity contribution >= 4 is 33.0 Å². The van der Waals surface area contributed by atoms with Gasteiger partial charge in [0, 0.05) is 24.7 Å². The number of hydrogen-bond acceptors (Lipinski definition) is 5. The number of carbonyl (C=O) groups is 2. The minimum absolute atomic E-state index is 0.0629. The monoisotopic (exact) mass is 388 g/mol. The van der Waals surface area contributed by atoms with Crippen LogP contribution in [0.3, 0.4) is 0 Å². The number of sulfone groups is 1. The quantitative estimate of drug-likeness (QED) is 0.819. The molecular weight excluding hydrogens is 368 g/mol. The summed E-state index contributed by atoms with van der Waals surface area (Å²) in [5.41, 5.74) is 1.17. The molecule has 142 valence electrons. The highest BCUT2D eigenvalue weighted by molar-refractivity contribution is 7.91. The van der Waals surface area contributed by atoms with Crippen molar-refractivity contribution in [3.8, 4) is 5.75 Å². The van der Waals surface area contributed by atoms with Gasteiger partial charge < -0.3 is 15.0 Å². The summed E-state index contributed by atoms with van der Waals surface area (Å²) in [5.74, 6) is -0.542. The van der Waals surface area contributed by atoms with Gasteiger partial charge in [-0.3, -0.25) is 9.59 Å².